The number of nitrogens with zero attached hydrogens (tertiary/aromatic N) is 1. The number of nitrogens with two attached hydrogens (primary N) is 1. The molecule has 134 valence electrons. The van der Waals surface area contributed by atoms with Gasteiger partial charge in [0.05, 0.1) is 6.61 Å². The van der Waals surface area contributed by atoms with Crippen LogP contribution < -0.4 is 15.4 Å². The van der Waals surface area contributed by atoms with Crippen LogP contribution in [0.25, 0.3) is 0 Å². The Morgan fingerprint density at radius 3 is 2.68 bits per heavy atom. The van der Waals surface area contributed by atoms with Gasteiger partial charge < -0.3 is 15.4 Å². The van der Waals surface area contributed by atoms with Crippen LogP contribution in [0, 0.1) is 11.7 Å². The molecule has 2 aromatic rings. The van der Waals surface area contributed by atoms with Crippen molar-refractivity contribution >= 4 is 5.69 Å². The molecular formula is C21H27FN2O. The molecule has 0 aliphatic carbocycles. The van der Waals surface area contributed by atoms with E-state index >= 15 is 0 Å². The Morgan fingerprint density at radius 1 is 1.16 bits per heavy atom. The fourth-order valence-electron chi connectivity index (χ4n) is 3.58. The van der Waals surface area contributed by atoms with Crippen LogP contribution in [0.1, 0.15) is 25.3 Å². The molecule has 1 fully saturated rings. The largest absolute Gasteiger partial charge is 0.494 e. The van der Waals surface area contributed by atoms with Gasteiger partial charge in [-0.3, -0.25) is 0 Å². The maximum Gasteiger partial charge on any atom is 0.123 e. The average Bonchev–Trinajstić information content (AvgIpc) is 2.60. The van der Waals surface area contributed by atoms with Crippen molar-refractivity contribution in [2.75, 3.05) is 24.6 Å². The molecule has 0 bridgehead atoms. The van der Waals surface area contributed by atoms with Crippen molar-refractivity contribution < 1.29 is 9.13 Å². The summed E-state index contributed by atoms with van der Waals surface area (Å²) in [5, 5.41) is 0. The Bertz CT molecular complexity index is 674. The van der Waals surface area contributed by atoms with Crippen molar-refractivity contribution in [1.29, 1.82) is 0 Å². The number of rotatable bonds is 6. The van der Waals surface area contributed by atoms with Crippen molar-refractivity contribution in [2.45, 2.75) is 32.2 Å². The molecule has 0 saturated carbocycles. The molecule has 1 saturated heterocycles. The summed E-state index contributed by atoms with van der Waals surface area (Å²) in [5.74, 6) is 1.17. The van der Waals surface area contributed by atoms with Crippen molar-refractivity contribution in [2.24, 2.45) is 11.7 Å². The molecule has 4 heteroatoms. The molecule has 3 nitrogen and oxygen atoms in total. The van der Waals surface area contributed by atoms with Gasteiger partial charge in [-0.2, -0.15) is 0 Å². The van der Waals surface area contributed by atoms with E-state index in [4.69, 9.17) is 10.5 Å². The predicted octanol–water partition coefficient (Wildman–Crippen LogP) is 4.01. The van der Waals surface area contributed by atoms with Gasteiger partial charge in [0.2, 0.25) is 0 Å². The molecule has 0 amide bonds. The fraction of sp³-hybridized carbons (Fsp3) is 0.429. The molecule has 3 rings (SSSR count). The summed E-state index contributed by atoms with van der Waals surface area (Å²) >= 11 is 0. The summed E-state index contributed by atoms with van der Waals surface area (Å²) < 4.78 is 19.1. The lowest BCUT2D eigenvalue weighted by molar-refractivity contribution is 0.317. The molecule has 2 unspecified atom stereocenters. The van der Waals surface area contributed by atoms with Crippen LogP contribution in [0.4, 0.5) is 10.1 Å². The third-order valence-electron chi connectivity index (χ3n) is 4.66. The SMILES string of the molecule is CCCOc1ccc(N2CC(N)CC(Cc3cccc(F)c3)C2)cc1. The van der Waals surface area contributed by atoms with Crippen LogP contribution in [-0.4, -0.2) is 25.7 Å². The van der Waals surface area contributed by atoms with Crippen molar-refractivity contribution in [1.82, 2.24) is 0 Å². The molecule has 0 radical (unpaired) electrons. The van der Waals surface area contributed by atoms with Crippen LogP contribution in [-0.2, 0) is 6.42 Å². The van der Waals surface area contributed by atoms with Gasteiger partial charge in [-0.1, -0.05) is 19.1 Å². The average molecular weight is 342 g/mol. The van der Waals surface area contributed by atoms with E-state index in [0.29, 0.717) is 5.92 Å². The number of hydrogen-bond acceptors (Lipinski definition) is 3. The number of piperidine rings is 1. The molecule has 0 spiro atoms. The Kier molecular flexibility index (Phi) is 5.92. The van der Waals surface area contributed by atoms with Gasteiger partial charge in [0, 0.05) is 24.8 Å². The summed E-state index contributed by atoms with van der Waals surface area (Å²) in [6.45, 7) is 4.64. The summed E-state index contributed by atoms with van der Waals surface area (Å²) in [6.07, 6.45) is 2.84. The first kappa shape index (κ1) is 17.7. The van der Waals surface area contributed by atoms with Crippen molar-refractivity contribution in [3.63, 3.8) is 0 Å². The second-order valence-corrected chi connectivity index (χ2v) is 6.94. The number of hydrogen-bond donors (Lipinski definition) is 1. The maximum atomic E-state index is 13.4. The zero-order valence-corrected chi connectivity index (χ0v) is 14.8. The molecule has 1 aliphatic heterocycles. The fourth-order valence-corrected chi connectivity index (χ4v) is 3.58. The number of ether oxygens (including phenoxy) is 1. The molecular weight excluding hydrogens is 315 g/mol. The van der Waals surface area contributed by atoms with Gasteiger partial charge >= 0.3 is 0 Å². The summed E-state index contributed by atoms with van der Waals surface area (Å²) in [7, 11) is 0. The molecule has 0 aromatic heterocycles. The standard InChI is InChI=1S/C21H27FN2O/c1-2-10-25-21-8-6-20(7-9-21)24-14-17(13-19(23)15-24)11-16-4-3-5-18(22)12-16/h3-9,12,17,19H,2,10-11,13-15,23H2,1H3. The number of anilines is 1. The Morgan fingerprint density at radius 2 is 1.96 bits per heavy atom. The van der Waals surface area contributed by atoms with Crippen molar-refractivity contribution in [3.8, 4) is 5.75 Å². The lowest BCUT2D eigenvalue weighted by atomic mass is 9.88. The number of benzene rings is 2. The quantitative estimate of drug-likeness (QED) is 0.862. The van der Waals surface area contributed by atoms with E-state index in [1.165, 1.54) is 11.8 Å². The van der Waals surface area contributed by atoms with Gasteiger partial charge in [0.25, 0.3) is 0 Å². The van der Waals surface area contributed by atoms with Crippen LogP contribution in [0.5, 0.6) is 5.75 Å². The normalized spacial score (nSPS) is 20.5. The van der Waals surface area contributed by atoms with E-state index in [9.17, 15) is 4.39 Å². The van der Waals surface area contributed by atoms with E-state index in [0.717, 1.165) is 50.3 Å². The molecule has 25 heavy (non-hydrogen) atoms. The van der Waals surface area contributed by atoms with Gasteiger partial charge in [-0.25, -0.2) is 4.39 Å². The van der Waals surface area contributed by atoms with E-state index in [2.05, 4.69) is 24.0 Å². The molecule has 2 atom stereocenters. The van der Waals surface area contributed by atoms with Crippen LogP contribution in [0.15, 0.2) is 48.5 Å². The Labute approximate surface area is 149 Å². The van der Waals surface area contributed by atoms with Crippen molar-refractivity contribution in [3.05, 3.63) is 59.9 Å². The van der Waals surface area contributed by atoms with Crippen LogP contribution in [0.3, 0.4) is 0 Å². The predicted molar refractivity (Wildman–Crippen MR) is 101 cm³/mol. The minimum atomic E-state index is -0.169. The van der Waals surface area contributed by atoms with Gasteiger partial charge in [-0.05, 0) is 67.1 Å². The first-order valence-corrected chi connectivity index (χ1v) is 9.12. The highest BCUT2D eigenvalue weighted by molar-refractivity contribution is 5.49. The maximum absolute atomic E-state index is 13.4. The Hall–Kier alpha value is -2.07. The monoisotopic (exact) mass is 342 g/mol. The summed E-state index contributed by atoms with van der Waals surface area (Å²) in [4.78, 5) is 2.34. The lowest BCUT2D eigenvalue weighted by Crippen LogP contribution is -2.47. The second kappa shape index (κ2) is 8.34. The van der Waals surface area contributed by atoms with Gasteiger partial charge in [0.1, 0.15) is 11.6 Å². The van der Waals surface area contributed by atoms with E-state index < -0.39 is 0 Å². The molecule has 2 N–H and O–H groups in total. The number of halogens is 1. The molecule has 1 heterocycles. The van der Waals surface area contributed by atoms with E-state index in [1.54, 1.807) is 12.1 Å². The first-order valence-electron chi connectivity index (χ1n) is 9.12. The third kappa shape index (κ3) is 4.95. The Balaban J connectivity index is 1.65. The van der Waals surface area contributed by atoms with Crippen LogP contribution in [0.2, 0.25) is 0 Å². The first-order chi connectivity index (χ1) is 12.1. The summed E-state index contributed by atoms with van der Waals surface area (Å²) in [5.41, 5.74) is 8.51. The smallest absolute Gasteiger partial charge is 0.123 e. The molecule has 1 aliphatic rings. The summed E-state index contributed by atoms with van der Waals surface area (Å²) in [6, 6.07) is 15.3. The van der Waals surface area contributed by atoms with E-state index in [1.807, 2.05) is 18.2 Å². The van der Waals surface area contributed by atoms with Gasteiger partial charge in [0.15, 0.2) is 0 Å². The zero-order valence-electron chi connectivity index (χ0n) is 14.8. The van der Waals surface area contributed by atoms with Gasteiger partial charge in [-0.15, -0.1) is 0 Å². The third-order valence-corrected chi connectivity index (χ3v) is 4.66. The second-order valence-electron chi connectivity index (χ2n) is 6.94. The highest BCUT2D eigenvalue weighted by atomic mass is 19.1. The highest BCUT2D eigenvalue weighted by Crippen LogP contribution is 2.27. The molecule has 2 aromatic carbocycles. The van der Waals surface area contributed by atoms with Crippen LogP contribution >= 0.6 is 0 Å². The highest BCUT2D eigenvalue weighted by Gasteiger charge is 2.25. The van der Waals surface area contributed by atoms with E-state index in [-0.39, 0.29) is 11.9 Å². The topological polar surface area (TPSA) is 38.5 Å². The minimum absolute atomic E-state index is 0.142. The lowest BCUT2D eigenvalue weighted by Gasteiger charge is -2.38. The zero-order chi connectivity index (χ0) is 17.6. The minimum Gasteiger partial charge on any atom is -0.494 e.